The molecule has 1 amide bonds. The Kier molecular flexibility index (Phi) is 11.2. The Morgan fingerprint density at radius 3 is 1.75 bits per heavy atom. The molecule has 0 radical (unpaired) electrons. The van der Waals surface area contributed by atoms with Crippen LogP contribution in [0.1, 0.15) is 20.7 Å². The molecule has 3 aromatic heterocycles. The number of pyridine rings is 3. The molecule has 5 aromatic rings. The average molecular weight is 635 g/mol. The maximum Gasteiger partial charge on any atom is 0.341 e. The number of carbonyl (C=O) groups excluding carboxylic acids is 1. The van der Waals surface area contributed by atoms with Gasteiger partial charge in [0.2, 0.25) is 11.8 Å². The van der Waals surface area contributed by atoms with Crippen LogP contribution >= 0.6 is 23.5 Å². The van der Waals surface area contributed by atoms with Gasteiger partial charge in [-0.05, 0) is 73.2 Å². The van der Waals surface area contributed by atoms with Crippen molar-refractivity contribution in [2.45, 2.75) is 9.79 Å². The van der Waals surface area contributed by atoms with E-state index in [4.69, 9.17) is 14.6 Å². The molecule has 0 fully saturated rings. The number of halogens is 2. The molecular formula is C31H24F2N4O5S2. The molecular weight excluding hydrogens is 610 g/mol. The second kappa shape index (κ2) is 15.5. The second-order valence-electron chi connectivity index (χ2n) is 8.57. The van der Waals surface area contributed by atoms with Gasteiger partial charge in [0.05, 0.1) is 12.4 Å². The molecule has 0 saturated heterocycles. The first-order valence-electron chi connectivity index (χ1n) is 12.6. The Morgan fingerprint density at radius 2 is 1.25 bits per heavy atom. The standard InChI is InChI=1S/C18H14FN3O2S.C13H10FNO3S/c1-25-15-4-2-3-14(10-15)24-18-16(9-12(19)11-21-18)17(23)22-13-5-7-20-8-6-13;1-19-10-4-2-3-9(6-10)18-12-11(13(16)17)5-8(14)7-15-12/h2-11H,1H3,(H,20,22,23);2-7H,1H3,(H,16,17). The van der Waals surface area contributed by atoms with Gasteiger partial charge in [0.15, 0.2) is 0 Å². The monoisotopic (exact) mass is 634 g/mol. The Labute approximate surface area is 259 Å². The van der Waals surface area contributed by atoms with Crippen LogP contribution in [0, 0.1) is 11.6 Å². The molecule has 9 nitrogen and oxygen atoms in total. The minimum atomic E-state index is -1.29. The third-order valence-corrected chi connectivity index (χ3v) is 7.01. The fourth-order valence-electron chi connectivity index (χ4n) is 3.52. The van der Waals surface area contributed by atoms with E-state index in [-0.39, 0.29) is 22.9 Å². The first kappa shape index (κ1) is 31.9. The summed E-state index contributed by atoms with van der Waals surface area (Å²) in [7, 11) is 0. The van der Waals surface area contributed by atoms with Crippen LogP contribution in [0.2, 0.25) is 0 Å². The summed E-state index contributed by atoms with van der Waals surface area (Å²) in [5.74, 6) is -2.28. The maximum absolute atomic E-state index is 13.6. The fraction of sp³-hybridized carbons (Fsp3) is 0.0645. The fourth-order valence-corrected chi connectivity index (χ4v) is 4.42. The lowest BCUT2D eigenvalue weighted by Gasteiger charge is -2.11. The molecule has 3 heterocycles. The topological polar surface area (TPSA) is 124 Å². The van der Waals surface area contributed by atoms with Crippen LogP contribution in [-0.2, 0) is 0 Å². The summed E-state index contributed by atoms with van der Waals surface area (Å²) >= 11 is 3.09. The van der Waals surface area contributed by atoms with Crippen molar-refractivity contribution >= 4 is 41.1 Å². The number of hydrogen-bond acceptors (Lipinski definition) is 9. The number of benzene rings is 2. The first-order chi connectivity index (χ1) is 21.2. The number of carboxylic acids is 1. The highest BCUT2D eigenvalue weighted by atomic mass is 32.2. The summed E-state index contributed by atoms with van der Waals surface area (Å²) in [5, 5.41) is 11.6. The first-order valence-corrected chi connectivity index (χ1v) is 15.1. The number of hydrogen-bond donors (Lipinski definition) is 2. The second-order valence-corrected chi connectivity index (χ2v) is 10.3. The van der Waals surface area contributed by atoms with Gasteiger partial charge in [0, 0.05) is 27.9 Å². The number of rotatable bonds is 9. The van der Waals surface area contributed by atoms with Crippen molar-refractivity contribution in [1.82, 2.24) is 15.0 Å². The van der Waals surface area contributed by atoms with E-state index in [9.17, 15) is 18.4 Å². The van der Waals surface area contributed by atoms with Crippen molar-refractivity contribution in [2.75, 3.05) is 17.8 Å². The third kappa shape index (κ3) is 8.99. The highest BCUT2D eigenvalue weighted by molar-refractivity contribution is 7.98. The van der Waals surface area contributed by atoms with Gasteiger partial charge in [0.1, 0.15) is 34.3 Å². The molecule has 0 unspecified atom stereocenters. The van der Waals surface area contributed by atoms with Crippen molar-refractivity contribution in [3.8, 4) is 23.3 Å². The maximum atomic E-state index is 13.6. The summed E-state index contributed by atoms with van der Waals surface area (Å²) < 4.78 is 37.7. The highest BCUT2D eigenvalue weighted by Crippen LogP contribution is 2.28. The van der Waals surface area contributed by atoms with Gasteiger partial charge in [-0.3, -0.25) is 9.78 Å². The quantitative estimate of drug-likeness (QED) is 0.155. The van der Waals surface area contributed by atoms with Crippen molar-refractivity contribution in [2.24, 2.45) is 0 Å². The molecule has 2 aromatic carbocycles. The van der Waals surface area contributed by atoms with E-state index in [0.29, 0.717) is 17.2 Å². The SMILES string of the molecule is CSc1cccc(Oc2ncc(F)cc2C(=O)Nc2ccncc2)c1.CSc1cccc(Oc2ncc(F)cc2C(=O)O)c1. The van der Waals surface area contributed by atoms with Crippen LogP contribution in [0.25, 0.3) is 0 Å². The predicted octanol–water partition coefficient (Wildman–Crippen LogP) is 7.82. The predicted molar refractivity (Wildman–Crippen MR) is 164 cm³/mol. The average Bonchev–Trinajstić information content (AvgIpc) is 3.03. The van der Waals surface area contributed by atoms with Crippen LogP contribution in [0.4, 0.5) is 14.5 Å². The molecule has 0 aliphatic rings. The molecule has 224 valence electrons. The molecule has 0 saturated carbocycles. The van der Waals surface area contributed by atoms with Crippen molar-refractivity contribution in [3.05, 3.63) is 120 Å². The number of ether oxygens (including phenoxy) is 2. The molecule has 0 atom stereocenters. The molecule has 2 N–H and O–H groups in total. The number of carboxylic acid groups (broad SMARTS) is 1. The number of anilines is 1. The summed E-state index contributed by atoms with van der Waals surface area (Å²) in [6.07, 6.45) is 8.88. The van der Waals surface area contributed by atoms with E-state index < -0.39 is 23.5 Å². The smallest absolute Gasteiger partial charge is 0.341 e. The van der Waals surface area contributed by atoms with Crippen LogP contribution in [-0.4, -0.2) is 44.4 Å². The summed E-state index contributed by atoms with van der Waals surface area (Å²) in [5.41, 5.74) is 0.237. The number of amides is 1. The molecule has 44 heavy (non-hydrogen) atoms. The lowest BCUT2D eigenvalue weighted by molar-refractivity contribution is 0.0692. The van der Waals surface area contributed by atoms with E-state index in [1.807, 2.05) is 36.8 Å². The molecule has 5 rings (SSSR count). The number of nitrogens with one attached hydrogen (secondary N) is 1. The number of aromatic nitrogens is 3. The van der Waals surface area contributed by atoms with E-state index in [0.717, 1.165) is 34.3 Å². The molecule has 0 bridgehead atoms. The van der Waals surface area contributed by atoms with Gasteiger partial charge in [-0.15, -0.1) is 23.5 Å². The zero-order chi connectivity index (χ0) is 31.5. The van der Waals surface area contributed by atoms with E-state index in [2.05, 4.69) is 20.3 Å². The summed E-state index contributed by atoms with van der Waals surface area (Å²) in [6.45, 7) is 0. The summed E-state index contributed by atoms with van der Waals surface area (Å²) in [6, 6.07) is 19.7. The molecule has 0 aliphatic carbocycles. The van der Waals surface area contributed by atoms with E-state index in [1.165, 1.54) is 11.8 Å². The number of carbonyl (C=O) groups is 2. The molecule has 0 spiro atoms. The van der Waals surface area contributed by atoms with Crippen LogP contribution in [0.5, 0.6) is 23.3 Å². The third-order valence-electron chi connectivity index (χ3n) is 5.56. The zero-order valence-corrected chi connectivity index (χ0v) is 24.9. The highest BCUT2D eigenvalue weighted by Gasteiger charge is 2.17. The molecule has 0 aliphatic heterocycles. The normalized spacial score (nSPS) is 10.3. The Morgan fingerprint density at radius 1 is 0.750 bits per heavy atom. The van der Waals surface area contributed by atoms with E-state index in [1.54, 1.807) is 60.6 Å². The van der Waals surface area contributed by atoms with Gasteiger partial charge < -0.3 is 19.9 Å². The van der Waals surface area contributed by atoms with Gasteiger partial charge in [-0.1, -0.05) is 12.1 Å². The van der Waals surface area contributed by atoms with Crippen molar-refractivity contribution in [1.29, 1.82) is 0 Å². The van der Waals surface area contributed by atoms with Gasteiger partial charge >= 0.3 is 5.97 Å². The minimum absolute atomic E-state index is 0.00590. The zero-order valence-electron chi connectivity index (χ0n) is 23.2. The van der Waals surface area contributed by atoms with E-state index >= 15 is 0 Å². The Balaban J connectivity index is 0.000000209. The summed E-state index contributed by atoms with van der Waals surface area (Å²) in [4.78, 5) is 36.9. The Bertz CT molecular complexity index is 1760. The van der Waals surface area contributed by atoms with Crippen LogP contribution in [0.3, 0.4) is 0 Å². The van der Waals surface area contributed by atoms with Crippen LogP contribution in [0.15, 0.2) is 107 Å². The molecule has 13 heteroatoms. The number of nitrogens with zero attached hydrogens (tertiary/aromatic N) is 3. The lowest BCUT2D eigenvalue weighted by Crippen LogP contribution is -2.14. The minimum Gasteiger partial charge on any atom is -0.477 e. The van der Waals surface area contributed by atoms with Crippen LogP contribution < -0.4 is 14.8 Å². The van der Waals surface area contributed by atoms with Gasteiger partial charge in [-0.2, -0.15) is 0 Å². The van der Waals surface area contributed by atoms with Crippen molar-refractivity contribution < 1.29 is 33.0 Å². The number of thioether (sulfide) groups is 2. The largest absolute Gasteiger partial charge is 0.477 e. The Hall–Kier alpha value is -5.01. The number of aromatic carboxylic acids is 1. The van der Waals surface area contributed by atoms with Crippen molar-refractivity contribution in [3.63, 3.8) is 0 Å². The van der Waals surface area contributed by atoms with Gasteiger partial charge in [-0.25, -0.2) is 23.5 Å². The lowest BCUT2D eigenvalue weighted by atomic mass is 10.2. The van der Waals surface area contributed by atoms with Gasteiger partial charge in [0.25, 0.3) is 5.91 Å².